The number of halogens is 1. The Hall–Kier alpha value is -4.03. The van der Waals surface area contributed by atoms with Gasteiger partial charge in [0.15, 0.2) is 11.3 Å². The average Bonchev–Trinajstić information content (AvgIpc) is 3.33. The third kappa shape index (κ3) is 4.81. The molecule has 4 aromatic heterocycles. The highest BCUT2D eigenvalue weighted by atomic mass is 19.1. The van der Waals surface area contributed by atoms with Gasteiger partial charge in [-0.3, -0.25) is 14.7 Å². The number of fused-ring (bicyclic) bond motifs is 1. The van der Waals surface area contributed by atoms with Gasteiger partial charge in [0.2, 0.25) is 11.8 Å². The zero-order valence-corrected chi connectivity index (χ0v) is 22.0. The number of carbonyl (C=O) groups excluding carboxylic acids is 1. The summed E-state index contributed by atoms with van der Waals surface area (Å²) in [5.41, 5.74) is 3.24. The second-order valence-corrected chi connectivity index (χ2v) is 10.0. The number of aromatic nitrogens is 6. The topological polar surface area (TPSA) is 111 Å². The zero-order chi connectivity index (χ0) is 27.1. The predicted molar refractivity (Wildman–Crippen MR) is 141 cm³/mol. The van der Waals surface area contributed by atoms with E-state index in [0.29, 0.717) is 67.4 Å². The number of ether oxygens (including phenoxy) is 2. The Morgan fingerprint density at radius 2 is 1.97 bits per heavy atom. The summed E-state index contributed by atoms with van der Waals surface area (Å²) in [5, 5.41) is 0. The van der Waals surface area contributed by atoms with E-state index in [1.807, 2.05) is 30.5 Å². The molecule has 2 aliphatic rings. The van der Waals surface area contributed by atoms with Gasteiger partial charge in [-0.15, -0.1) is 0 Å². The largest absolute Gasteiger partial charge is 0.479 e. The number of imidazole rings is 1. The van der Waals surface area contributed by atoms with Crippen LogP contribution in [0.25, 0.3) is 22.4 Å². The monoisotopic (exact) mass is 532 g/mol. The molecule has 6 heterocycles. The van der Waals surface area contributed by atoms with Gasteiger partial charge in [0.05, 0.1) is 75.0 Å². The molecule has 1 amide bonds. The summed E-state index contributed by atoms with van der Waals surface area (Å²) in [5.74, 6) is 0.165. The molecule has 0 N–H and O–H groups in total. The van der Waals surface area contributed by atoms with Crippen molar-refractivity contribution in [2.24, 2.45) is 0 Å². The molecule has 39 heavy (non-hydrogen) atoms. The number of anilines is 1. The molecule has 2 saturated heterocycles. The SMILES string of the molecule is COc1nc(-c2nc(Cc3ccc(N4CCN(C5COC5)CC4=O)cn3)ncc2F)cc2c1ncn2C(C)C. The van der Waals surface area contributed by atoms with Crippen molar-refractivity contribution in [3.8, 4) is 17.3 Å². The first-order chi connectivity index (χ1) is 18.9. The van der Waals surface area contributed by atoms with E-state index in [2.05, 4.69) is 29.8 Å². The Kier molecular flexibility index (Phi) is 6.65. The van der Waals surface area contributed by atoms with Crippen LogP contribution in [0.1, 0.15) is 31.4 Å². The highest BCUT2D eigenvalue weighted by Gasteiger charge is 2.33. The van der Waals surface area contributed by atoms with Crippen LogP contribution in [-0.4, -0.2) is 86.3 Å². The Bertz CT molecular complexity index is 1520. The Morgan fingerprint density at radius 3 is 2.64 bits per heavy atom. The number of hydrogen-bond donors (Lipinski definition) is 0. The molecule has 202 valence electrons. The van der Waals surface area contributed by atoms with E-state index in [1.165, 1.54) is 7.11 Å². The molecule has 4 aromatic rings. The Balaban J connectivity index is 1.22. The summed E-state index contributed by atoms with van der Waals surface area (Å²) in [6, 6.07) is 5.97. The van der Waals surface area contributed by atoms with Gasteiger partial charge < -0.3 is 18.9 Å². The molecule has 0 unspecified atom stereocenters. The zero-order valence-electron chi connectivity index (χ0n) is 22.0. The number of rotatable bonds is 7. The first-order valence-corrected chi connectivity index (χ1v) is 12.9. The van der Waals surface area contributed by atoms with Gasteiger partial charge in [-0.2, -0.15) is 0 Å². The molecule has 0 atom stereocenters. The van der Waals surface area contributed by atoms with Gasteiger partial charge in [0.25, 0.3) is 0 Å². The van der Waals surface area contributed by atoms with Crippen LogP contribution in [0, 0.1) is 5.82 Å². The molecule has 11 nitrogen and oxygen atoms in total. The molecular formula is C27H29FN8O3. The maximum Gasteiger partial charge on any atom is 0.242 e. The van der Waals surface area contributed by atoms with Crippen molar-refractivity contribution in [2.45, 2.75) is 32.4 Å². The summed E-state index contributed by atoms with van der Waals surface area (Å²) in [7, 11) is 1.51. The minimum Gasteiger partial charge on any atom is -0.479 e. The summed E-state index contributed by atoms with van der Waals surface area (Å²) >= 11 is 0. The minimum atomic E-state index is -0.585. The van der Waals surface area contributed by atoms with Crippen LogP contribution < -0.4 is 9.64 Å². The van der Waals surface area contributed by atoms with Gasteiger partial charge >= 0.3 is 0 Å². The first-order valence-electron chi connectivity index (χ1n) is 12.9. The van der Waals surface area contributed by atoms with Crippen molar-refractivity contribution < 1.29 is 18.7 Å². The second kappa shape index (κ2) is 10.3. The summed E-state index contributed by atoms with van der Waals surface area (Å²) in [6.45, 7) is 7.25. The Labute approximate surface area is 224 Å². The van der Waals surface area contributed by atoms with E-state index in [9.17, 15) is 9.18 Å². The van der Waals surface area contributed by atoms with Crippen LogP contribution in [0.15, 0.2) is 36.9 Å². The molecule has 6 rings (SSSR count). The van der Waals surface area contributed by atoms with Gasteiger partial charge in [-0.1, -0.05) is 0 Å². The van der Waals surface area contributed by atoms with Gasteiger partial charge in [0, 0.05) is 24.8 Å². The molecule has 12 heteroatoms. The second-order valence-electron chi connectivity index (χ2n) is 10.0. The quantitative estimate of drug-likeness (QED) is 0.355. The molecule has 2 aliphatic heterocycles. The number of pyridine rings is 2. The van der Waals surface area contributed by atoms with Crippen LogP contribution in [0.2, 0.25) is 0 Å². The Morgan fingerprint density at radius 1 is 1.13 bits per heavy atom. The van der Waals surface area contributed by atoms with Gasteiger partial charge in [0.1, 0.15) is 11.5 Å². The number of amides is 1. The maximum absolute atomic E-state index is 14.9. The smallest absolute Gasteiger partial charge is 0.242 e. The van der Waals surface area contributed by atoms with Crippen molar-refractivity contribution in [3.63, 3.8) is 0 Å². The molecule has 0 bridgehead atoms. The molecular weight excluding hydrogens is 503 g/mol. The van der Waals surface area contributed by atoms with E-state index in [0.717, 1.165) is 23.9 Å². The van der Waals surface area contributed by atoms with Crippen LogP contribution in [0.3, 0.4) is 0 Å². The van der Waals surface area contributed by atoms with Crippen LogP contribution >= 0.6 is 0 Å². The maximum atomic E-state index is 14.9. The lowest BCUT2D eigenvalue weighted by molar-refractivity contribution is -0.127. The number of hydrogen-bond acceptors (Lipinski definition) is 9. The molecule has 0 aromatic carbocycles. The highest BCUT2D eigenvalue weighted by Crippen LogP contribution is 2.30. The molecule has 2 fully saturated rings. The van der Waals surface area contributed by atoms with Crippen molar-refractivity contribution >= 4 is 22.6 Å². The van der Waals surface area contributed by atoms with Crippen molar-refractivity contribution in [3.05, 3.63) is 54.3 Å². The van der Waals surface area contributed by atoms with Crippen LogP contribution in [-0.2, 0) is 16.0 Å². The van der Waals surface area contributed by atoms with E-state index < -0.39 is 5.82 Å². The molecule has 0 radical (unpaired) electrons. The fraction of sp³-hybridized carbons (Fsp3) is 0.407. The third-order valence-electron chi connectivity index (χ3n) is 7.16. The lowest BCUT2D eigenvalue weighted by Gasteiger charge is -2.41. The standard InChI is InChI=1S/C27H29FN8O3/c1-16(2)36-15-31-26-22(36)9-21(32-27(26)38-3)25-20(28)11-30-23(33-25)8-17-4-5-18(10-29-17)35-7-6-34(12-24(35)37)19-13-39-14-19/h4-5,9-11,15-16,19H,6-8,12-14H2,1-3H3. The predicted octanol–water partition coefficient (Wildman–Crippen LogP) is 2.65. The highest BCUT2D eigenvalue weighted by molar-refractivity contribution is 5.95. The summed E-state index contributed by atoms with van der Waals surface area (Å²) in [6.07, 6.45) is 4.85. The van der Waals surface area contributed by atoms with Crippen LogP contribution in [0.5, 0.6) is 5.88 Å². The van der Waals surface area contributed by atoms with Gasteiger partial charge in [-0.25, -0.2) is 24.3 Å². The molecule has 0 aliphatic carbocycles. The summed E-state index contributed by atoms with van der Waals surface area (Å²) in [4.78, 5) is 38.8. The van der Waals surface area contributed by atoms with E-state index >= 15 is 0 Å². The van der Waals surface area contributed by atoms with Crippen LogP contribution in [0.4, 0.5) is 10.1 Å². The van der Waals surface area contributed by atoms with E-state index in [-0.39, 0.29) is 17.6 Å². The van der Waals surface area contributed by atoms with E-state index in [1.54, 1.807) is 23.5 Å². The third-order valence-corrected chi connectivity index (χ3v) is 7.16. The first kappa shape index (κ1) is 25.3. The normalized spacial score (nSPS) is 16.7. The average molecular weight is 533 g/mol. The van der Waals surface area contributed by atoms with Crippen molar-refractivity contribution in [2.75, 3.05) is 44.9 Å². The van der Waals surface area contributed by atoms with Crippen molar-refractivity contribution in [1.82, 2.24) is 34.4 Å². The lowest BCUT2D eigenvalue weighted by Crippen LogP contribution is -2.58. The van der Waals surface area contributed by atoms with E-state index in [4.69, 9.17) is 9.47 Å². The number of nitrogens with zero attached hydrogens (tertiary/aromatic N) is 8. The summed E-state index contributed by atoms with van der Waals surface area (Å²) < 4.78 is 27.6. The lowest BCUT2D eigenvalue weighted by atomic mass is 10.1. The van der Waals surface area contributed by atoms with Crippen molar-refractivity contribution in [1.29, 1.82) is 0 Å². The fourth-order valence-corrected chi connectivity index (χ4v) is 4.90. The minimum absolute atomic E-state index is 0.0490. The molecule has 0 saturated carbocycles. The fourth-order valence-electron chi connectivity index (χ4n) is 4.90. The molecule has 0 spiro atoms. The number of methoxy groups -OCH3 is 1. The van der Waals surface area contributed by atoms with Gasteiger partial charge in [-0.05, 0) is 32.0 Å². The number of carbonyl (C=O) groups is 1. The number of piperazine rings is 1.